The Bertz CT molecular complexity index is 1100. The highest BCUT2D eigenvalue weighted by atomic mass is 32.1. The zero-order chi connectivity index (χ0) is 20.8. The molecule has 3 aromatic heterocycles. The molecule has 9 nitrogen and oxygen atoms in total. The molecule has 1 amide bonds. The normalized spacial score (nSPS) is 10.6. The number of hydrogen-bond donors (Lipinski definition) is 1. The number of nitrogens with zero attached hydrogens (tertiary/aromatic N) is 5. The molecule has 10 heteroatoms. The number of methoxy groups -OCH3 is 1. The average molecular weight is 422 g/mol. The van der Waals surface area contributed by atoms with Crippen LogP contribution in [0.5, 0.6) is 11.5 Å². The molecule has 1 aromatic carbocycles. The summed E-state index contributed by atoms with van der Waals surface area (Å²) >= 11 is 1.51. The third-order valence-corrected chi connectivity index (χ3v) is 4.84. The monoisotopic (exact) mass is 422 g/mol. The molecule has 4 aromatic rings. The first kappa shape index (κ1) is 19.5. The number of thiazole rings is 1. The second kappa shape index (κ2) is 9.14. The van der Waals surface area contributed by atoms with E-state index in [-0.39, 0.29) is 5.91 Å². The lowest BCUT2D eigenvalue weighted by Gasteiger charge is -2.12. The van der Waals surface area contributed by atoms with Crippen LogP contribution in [0.3, 0.4) is 0 Å². The van der Waals surface area contributed by atoms with Crippen LogP contribution in [0, 0.1) is 0 Å². The molecule has 0 atom stereocenters. The molecule has 0 aliphatic heterocycles. The third-order valence-electron chi connectivity index (χ3n) is 4.20. The Hall–Kier alpha value is -3.79. The number of pyridine rings is 1. The third kappa shape index (κ3) is 4.61. The molecular formula is C20H18N6O3S. The number of hydrogen-bond acceptors (Lipinski definition) is 8. The number of carbonyl (C=O) groups excluding carboxylic acids is 1. The van der Waals surface area contributed by atoms with E-state index < -0.39 is 0 Å². The number of aromatic nitrogens is 5. The molecule has 3 heterocycles. The summed E-state index contributed by atoms with van der Waals surface area (Å²) in [5.74, 6) is 1.46. The lowest BCUT2D eigenvalue weighted by molar-refractivity contribution is 0.0950. The fourth-order valence-corrected chi connectivity index (χ4v) is 3.20. The molecule has 0 spiro atoms. The van der Waals surface area contributed by atoms with Crippen LogP contribution in [0.4, 0.5) is 0 Å². The summed E-state index contributed by atoms with van der Waals surface area (Å²) < 4.78 is 12.7. The molecule has 0 unspecified atom stereocenters. The minimum Gasteiger partial charge on any atom is -0.493 e. The van der Waals surface area contributed by atoms with Gasteiger partial charge in [0, 0.05) is 23.7 Å². The number of nitrogens with one attached hydrogen (secondary N) is 1. The van der Waals surface area contributed by atoms with Crippen LogP contribution < -0.4 is 14.8 Å². The molecule has 0 aliphatic rings. The van der Waals surface area contributed by atoms with Gasteiger partial charge in [-0.3, -0.25) is 4.79 Å². The molecule has 0 saturated carbocycles. The van der Waals surface area contributed by atoms with E-state index in [1.165, 1.54) is 24.8 Å². The fraction of sp³-hybridized carbons (Fsp3) is 0.150. The Morgan fingerprint density at radius 1 is 1.20 bits per heavy atom. The highest BCUT2D eigenvalue weighted by Crippen LogP contribution is 2.29. The van der Waals surface area contributed by atoms with Crippen molar-refractivity contribution in [2.75, 3.05) is 7.11 Å². The maximum Gasteiger partial charge on any atom is 0.251 e. The quantitative estimate of drug-likeness (QED) is 0.465. The second-order valence-corrected chi connectivity index (χ2v) is 6.90. The Kier molecular flexibility index (Phi) is 5.95. The number of amides is 1. The maximum atomic E-state index is 12.5. The van der Waals surface area contributed by atoms with Crippen molar-refractivity contribution in [2.45, 2.75) is 13.2 Å². The fourth-order valence-electron chi connectivity index (χ4n) is 2.66. The van der Waals surface area contributed by atoms with Crippen molar-refractivity contribution in [3.05, 3.63) is 76.9 Å². The van der Waals surface area contributed by atoms with Crippen molar-refractivity contribution in [3.63, 3.8) is 0 Å². The van der Waals surface area contributed by atoms with Gasteiger partial charge in [-0.1, -0.05) is 6.07 Å². The van der Waals surface area contributed by atoms with Crippen LogP contribution in [-0.2, 0) is 13.2 Å². The van der Waals surface area contributed by atoms with Crippen LogP contribution in [0.15, 0.2) is 60.1 Å². The highest BCUT2D eigenvalue weighted by Gasteiger charge is 2.12. The van der Waals surface area contributed by atoms with Gasteiger partial charge in [-0.25, -0.2) is 19.6 Å². The molecule has 1 N–H and O–H groups in total. The summed E-state index contributed by atoms with van der Waals surface area (Å²) in [6.45, 7) is 0.677. The van der Waals surface area contributed by atoms with Gasteiger partial charge in [0.1, 0.15) is 19.3 Å². The zero-order valence-corrected chi connectivity index (χ0v) is 16.9. The van der Waals surface area contributed by atoms with Gasteiger partial charge in [-0.05, 0) is 29.8 Å². The van der Waals surface area contributed by atoms with Gasteiger partial charge in [0.2, 0.25) is 0 Å². The predicted octanol–water partition coefficient (Wildman–Crippen LogP) is 2.64. The van der Waals surface area contributed by atoms with Crippen molar-refractivity contribution in [1.82, 2.24) is 30.0 Å². The maximum absolute atomic E-state index is 12.5. The lowest BCUT2D eigenvalue weighted by Crippen LogP contribution is -2.23. The van der Waals surface area contributed by atoms with Crippen molar-refractivity contribution in [2.24, 2.45) is 0 Å². The smallest absolute Gasteiger partial charge is 0.251 e. The Morgan fingerprint density at radius 3 is 2.83 bits per heavy atom. The first-order valence-electron chi connectivity index (χ1n) is 8.99. The van der Waals surface area contributed by atoms with E-state index >= 15 is 0 Å². The number of ether oxygens (including phenoxy) is 2. The van der Waals surface area contributed by atoms with Crippen LogP contribution in [0.2, 0.25) is 0 Å². The molecular weight excluding hydrogens is 404 g/mol. The number of rotatable bonds is 8. The highest BCUT2D eigenvalue weighted by molar-refractivity contribution is 7.07. The van der Waals surface area contributed by atoms with E-state index in [4.69, 9.17) is 9.47 Å². The summed E-state index contributed by atoms with van der Waals surface area (Å²) in [5.41, 5.74) is 3.93. The van der Waals surface area contributed by atoms with E-state index in [0.29, 0.717) is 36.0 Å². The molecule has 152 valence electrons. The molecule has 4 rings (SSSR count). The van der Waals surface area contributed by atoms with Crippen LogP contribution in [0.1, 0.15) is 21.6 Å². The first-order chi connectivity index (χ1) is 14.7. The Labute approximate surface area is 176 Å². The van der Waals surface area contributed by atoms with E-state index in [1.54, 1.807) is 40.9 Å². The second-order valence-electron chi connectivity index (χ2n) is 6.18. The SMILES string of the molecule is COc1cc(C(=O)NCc2ccc(-n3cncn3)nc2)ccc1OCc1cscn1. The summed E-state index contributed by atoms with van der Waals surface area (Å²) in [5, 5.41) is 8.82. The van der Waals surface area contributed by atoms with Crippen LogP contribution in [-0.4, -0.2) is 37.7 Å². The van der Waals surface area contributed by atoms with Crippen LogP contribution in [0.25, 0.3) is 5.82 Å². The van der Waals surface area contributed by atoms with Gasteiger partial charge in [-0.15, -0.1) is 11.3 Å². The molecule has 0 bridgehead atoms. The largest absolute Gasteiger partial charge is 0.493 e. The minimum atomic E-state index is -0.222. The number of benzene rings is 1. The zero-order valence-electron chi connectivity index (χ0n) is 16.1. The topological polar surface area (TPSA) is 104 Å². The first-order valence-corrected chi connectivity index (χ1v) is 9.93. The molecule has 0 aliphatic carbocycles. The van der Waals surface area contributed by atoms with Crippen molar-refractivity contribution in [1.29, 1.82) is 0 Å². The van der Waals surface area contributed by atoms with Crippen molar-refractivity contribution >= 4 is 17.2 Å². The summed E-state index contributed by atoms with van der Waals surface area (Å²) in [6, 6.07) is 8.75. The lowest BCUT2D eigenvalue weighted by atomic mass is 10.2. The predicted molar refractivity (Wildman–Crippen MR) is 110 cm³/mol. The Morgan fingerprint density at radius 2 is 2.13 bits per heavy atom. The standard InChI is InChI=1S/C20H18N6O3S/c1-28-18-6-15(3-4-17(18)29-9-16-10-30-13-24-16)20(27)23-8-14-2-5-19(22-7-14)26-12-21-11-25-26/h2-7,10-13H,8-9H2,1H3,(H,23,27). The van der Waals surface area contributed by atoms with Crippen molar-refractivity contribution < 1.29 is 14.3 Å². The number of carbonyl (C=O) groups is 1. The average Bonchev–Trinajstić information content (AvgIpc) is 3.51. The van der Waals surface area contributed by atoms with Gasteiger partial charge in [0.25, 0.3) is 5.91 Å². The van der Waals surface area contributed by atoms with E-state index in [2.05, 4.69) is 25.4 Å². The van der Waals surface area contributed by atoms with Gasteiger partial charge < -0.3 is 14.8 Å². The van der Waals surface area contributed by atoms with Crippen LogP contribution >= 0.6 is 11.3 Å². The van der Waals surface area contributed by atoms with E-state index in [9.17, 15) is 4.79 Å². The molecule has 30 heavy (non-hydrogen) atoms. The summed E-state index contributed by atoms with van der Waals surface area (Å²) in [7, 11) is 1.54. The van der Waals surface area contributed by atoms with Crippen molar-refractivity contribution in [3.8, 4) is 17.3 Å². The molecule has 0 radical (unpaired) electrons. The van der Waals surface area contributed by atoms with Gasteiger partial charge >= 0.3 is 0 Å². The van der Waals surface area contributed by atoms with Gasteiger partial charge in [-0.2, -0.15) is 5.10 Å². The molecule has 0 fully saturated rings. The minimum absolute atomic E-state index is 0.222. The van der Waals surface area contributed by atoms with E-state index in [1.807, 2.05) is 17.5 Å². The van der Waals surface area contributed by atoms with Gasteiger partial charge in [0.05, 0.1) is 18.3 Å². The van der Waals surface area contributed by atoms with Gasteiger partial charge in [0.15, 0.2) is 17.3 Å². The van der Waals surface area contributed by atoms with E-state index in [0.717, 1.165) is 11.3 Å². The Balaban J connectivity index is 1.37. The summed E-state index contributed by atoms with van der Waals surface area (Å²) in [4.78, 5) is 24.9. The molecule has 0 saturated heterocycles. The summed E-state index contributed by atoms with van der Waals surface area (Å²) in [6.07, 6.45) is 4.70.